The number of para-hydroxylation sites is 1. The van der Waals surface area contributed by atoms with E-state index < -0.39 is 6.04 Å². The number of carbonyl (C=O) groups excluding carboxylic acids is 1. The number of hydrogen-bond donors (Lipinski definition) is 1. The standard InChI is InChI=1S/C33H28BrN3O5S/c1-5-16-42-30-25(34)17-21(18-26(30)40-4)19-27-32(39)37-29(22-12-14-24(15-13-22)41-6-2)28(20(3)35-33(37)43-27)31(38)36-23-10-8-7-9-11-23/h1,7-15,17-19,29H,6,16H2,2-4H3,(H,36,38)/b27-19-/t29-/m1/s1. The molecule has 0 saturated heterocycles. The maximum absolute atomic E-state index is 14.1. The molecule has 0 radical (unpaired) electrons. The summed E-state index contributed by atoms with van der Waals surface area (Å²) < 4.78 is 19.4. The molecule has 2 heterocycles. The number of carbonyl (C=O) groups is 1. The largest absolute Gasteiger partial charge is 0.494 e. The van der Waals surface area contributed by atoms with E-state index in [1.54, 1.807) is 23.6 Å². The van der Waals surface area contributed by atoms with Crippen LogP contribution in [-0.4, -0.2) is 30.8 Å². The Morgan fingerprint density at radius 2 is 1.91 bits per heavy atom. The first-order valence-corrected chi connectivity index (χ1v) is 15.0. The monoisotopic (exact) mass is 657 g/mol. The molecule has 0 spiro atoms. The third-order valence-electron chi connectivity index (χ3n) is 6.65. The molecule has 5 rings (SSSR count). The first-order valence-electron chi connectivity index (χ1n) is 13.4. The number of allylic oxidation sites excluding steroid dienone is 1. The van der Waals surface area contributed by atoms with E-state index in [4.69, 9.17) is 25.6 Å². The summed E-state index contributed by atoms with van der Waals surface area (Å²) in [5, 5.41) is 2.96. The van der Waals surface area contributed by atoms with Gasteiger partial charge in [-0.2, -0.15) is 0 Å². The van der Waals surface area contributed by atoms with Crippen molar-refractivity contribution in [1.29, 1.82) is 0 Å². The van der Waals surface area contributed by atoms with Gasteiger partial charge in [0.05, 0.1) is 40.0 Å². The lowest BCUT2D eigenvalue weighted by molar-refractivity contribution is -0.113. The predicted octanol–water partition coefficient (Wildman–Crippen LogP) is 5.06. The lowest BCUT2D eigenvalue weighted by atomic mass is 9.95. The van der Waals surface area contributed by atoms with Crippen molar-refractivity contribution in [2.24, 2.45) is 4.99 Å². The fourth-order valence-electron chi connectivity index (χ4n) is 4.79. The molecule has 1 aromatic heterocycles. The third-order valence-corrected chi connectivity index (χ3v) is 8.23. The molecule has 0 aliphatic carbocycles. The van der Waals surface area contributed by atoms with Gasteiger partial charge in [0.25, 0.3) is 11.5 Å². The van der Waals surface area contributed by atoms with E-state index in [2.05, 4.69) is 27.2 Å². The van der Waals surface area contributed by atoms with Crippen molar-refractivity contribution in [2.75, 3.05) is 25.6 Å². The number of methoxy groups -OCH3 is 1. The minimum absolute atomic E-state index is 0.0813. The van der Waals surface area contributed by atoms with Crippen LogP contribution in [-0.2, 0) is 4.79 Å². The van der Waals surface area contributed by atoms with Crippen molar-refractivity contribution in [3.8, 4) is 29.6 Å². The van der Waals surface area contributed by atoms with Crippen LogP contribution in [0.5, 0.6) is 17.2 Å². The second-order valence-electron chi connectivity index (χ2n) is 9.43. The quantitative estimate of drug-likeness (QED) is 0.254. The molecule has 4 aromatic rings. The molecule has 1 N–H and O–H groups in total. The highest BCUT2D eigenvalue weighted by Crippen LogP contribution is 2.37. The fourth-order valence-corrected chi connectivity index (χ4v) is 6.41. The third kappa shape index (κ3) is 6.28. The molecule has 10 heteroatoms. The Kier molecular flexibility index (Phi) is 9.14. The van der Waals surface area contributed by atoms with Crippen LogP contribution in [0, 0.1) is 12.3 Å². The van der Waals surface area contributed by atoms with Gasteiger partial charge in [-0.1, -0.05) is 47.6 Å². The number of ether oxygens (including phenoxy) is 3. The molecule has 0 unspecified atom stereocenters. The van der Waals surface area contributed by atoms with Crippen LogP contribution in [0.15, 0.2) is 92.3 Å². The van der Waals surface area contributed by atoms with Crippen LogP contribution >= 0.6 is 27.3 Å². The second kappa shape index (κ2) is 13.2. The zero-order valence-electron chi connectivity index (χ0n) is 23.7. The Morgan fingerprint density at radius 3 is 2.58 bits per heavy atom. The van der Waals surface area contributed by atoms with E-state index in [1.165, 1.54) is 18.4 Å². The summed E-state index contributed by atoms with van der Waals surface area (Å²) in [5.41, 5.74) is 2.74. The molecule has 218 valence electrons. The number of thiazole rings is 1. The highest BCUT2D eigenvalue weighted by atomic mass is 79.9. The molecule has 0 saturated carbocycles. The minimum Gasteiger partial charge on any atom is -0.494 e. The summed E-state index contributed by atoms with van der Waals surface area (Å²) in [6, 6.07) is 19.5. The van der Waals surface area contributed by atoms with Crippen molar-refractivity contribution in [2.45, 2.75) is 19.9 Å². The Hall–Kier alpha value is -4.59. The van der Waals surface area contributed by atoms with Crippen LogP contribution < -0.4 is 34.4 Å². The first kappa shape index (κ1) is 29.9. The summed E-state index contributed by atoms with van der Waals surface area (Å²) in [7, 11) is 1.53. The molecule has 0 bridgehead atoms. The summed E-state index contributed by atoms with van der Waals surface area (Å²) >= 11 is 4.77. The van der Waals surface area contributed by atoms with Gasteiger partial charge in [-0.25, -0.2) is 4.99 Å². The normalized spacial score (nSPS) is 14.4. The number of aromatic nitrogens is 1. The van der Waals surface area contributed by atoms with Gasteiger partial charge in [-0.15, -0.1) is 6.42 Å². The highest BCUT2D eigenvalue weighted by Gasteiger charge is 2.32. The SMILES string of the molecule is C#CCOc1c(Br)cc(/C=c2\sc3n(c2=O)[C@H](c2ccc(OCC)cc2)C(C(=O)Nc2ccccc2)=C(C)N=3)cc1OC. The van der Waals surface area contributed by atoms with E-state index in [9.17, 15) is 9.59 Å². The van der Waals surface area contributed by atoms with Gasteiger partial charge in [0.2, 0.25) is 0 Å². The number of halogens is 1. The Bertz CT molecular complexity index is 1920. The number of amides is 1. The maximum Gasteiger partial charge on any atom is 0.271 e. The molecular weight excluding hydrogens is 630 g/mol. The minimum atomic E-state index is -0.710. The molecule has 8 nitrogen and oxygen atoms in total. The van der Waals surface area contributed by atoms with Gasteiger partial charge in [-0.3, -0.25) is 14.2 Å². The number of anilines is 1. The lowest BCUT2D eigenvalue weighted by Crippen LogP contribution is -2.40. The molecule has 3 aromatic carbocycles. The Balaban J connectivity index is 1.64. The Morgan fingerprint density at radius 1 is 1.16 bits per heavy atom. The summed E-state index contributed by atoms with van der Waals surface area (Å²) in [5.74, 6) is 3.74. The van der Waals surface area contributed by atoms with Crippen LogP contribution in [0.4, 0.5) is 5.69 Å². The van der Waals surface area contributed by atoms with E-state index in [0.29, 0.717) is 60.2 Å². The van der Waals surface area contributed by atoms with Gasteiger partial charge in [-0.05, 0) is 83.4 Å². The van der Waals surface area contributed by atoms with Gasteiger partial charge < -0.3 is 19.5 Å². The average molecular weight is 659 g/mol. The molecule has 1 aliphatic heterocycles. The van der Waals surface area contributed by atoms with Crippen molar-refractivity contribution >= 4 is 44.9 Å². The zero-order valence-corrected chi connectivity index (χ0v) is 26.1. The molecule has 1 amide bonds. The predicted molar refractivity (Wildman–Crippen MR) is 171 cm³/mol. The van der Waals surface area contributed by atoms with Gasteiger partial charge >= 0.3 is 0 Å². The summed E-state index contributed by atoms with van der Waals surface area (Å²) in [4.78, 5) is 33.0. The van der Waals surface area contributed by atoms with Gasteiger partial charge in [0, 0.05) is 5.69 Å². The van der Waals surface area contributed by atoms with Crippen molar-refractivity contribution in [3.63, 3.8) is 0 Å². The summed E-state index contributed by atoms with van der Waals surface area (Å²) in [6.45, 7) is 4.31. The zero-order chi connectivity index (χ0) is 30.5. The van der Waals surface area contributed by atoms with Crippen LogP contribution in [0.25, 0.3) is 6.08 Å². The molecule has 1 atom stereocenters. The molecular formula is C33H28BrN3O5S. The number of nitrogens with zero attached hydrogens (tertiary/aromatic N) is 2. The van der Waals surface area contributed by atoms with Crippen molar-refractivity contribution < 1.29 is 19.0 Å². The van der Waals surface area contributed by atoms with Crippen molar-refractivity contribution in [3.05, 3.63) is 113 Å². The fraction of sp³-hybridized carbons (Fsp3) is 0.182. The van der Waals surface area contributed by atoms with Crippen LogP contribution in [0.1, 0.15) is 31.0 Å². The number of benzene rings is 3. The second-order valence-corrected chi connectivity index (χ2v) is 11.3. The molecule has 1 aliphatic rings. The average Bonchev–Trinajstić information content (AvgIpc) is 3.30. The first-order chi connectivity index (χ1) is 20.8. The van der Waals surface area contributed by atoms with E-state index >= 15 is 0 Å². The van der Waals surface area contributed by atoms with E-state index in [-0.39, 0.29) is 18.1 Å². The number of terminal acetylenes is 1. The maximum atomic E-state index is 14.1. The van der Waals surface area contributed by atoms with Gasteiger partial charge in [0.1, 0.15) is 12.4 Å². The number of hydrogen-bond acceptors (Lipinski definition) is 7. The Labute approximate surface area is 261 Å². The number of fused-ring (bicyclic) bond motifs is 1. The van der Waals surface area contributed by atoms with Crippen LogP contribution in [0.3, 0.4) is 0 Å². The topological polar surface area (TPSA) is 91.2 Å². The number of nitrogens with one attached hydrogen (secondary N) is 1. The van der Waals surface area contributed by atoms with E-state index in [0.717, 1.165) is 5.56 Å². The molecule has 43 heavy (non-hydrogen) atoms. The lowest BCUT2D eigenvalue weighted by Gasteiger charge is -2.25. The summed E-state index contributed by atoms with van der Waals surface area (Å²) in [6.07, 6.45) is 7.11. The smallest absolute Gasteiger partial charge is 0.271 e. The van der Waals surface area contributed by atoms with Gasteiger partial charge in [0.15, 0.2) is 16.3 Å². The van der Waals surface area contributed by atoms with Crippen LogP contribution in [0.2, 0.25) is 0 Å². The van der Waals surface area contributed by atoms with Crippen molar-refractivity contribution in [1.82, 2.24) is 4.57 Å². The highest BCUT2D eigenvalue weighted by molar-refractivity contribution is 9.10. The molecule has 0 fully saturated rings. The van der Waals surface area contributed by atoms with E-state index in [1.807, 2.05) is 67.6 Å². The number of rotatable bonds is 9.